The van der Waals surface area contributed by atoms with Crippen LogP contribution in [0.4, 0.5) is 5.69 Å². The first kappa shape index (κ1) is 22.3. The number of nitrogens with one attached hydrogen (secondary N) is 2. The Morgan fingerprint density at radius 2 is 1.83 bits per heavy atom. The van der Waals surface area contributed by atoms with Gasteiger partial charge in [0, 0.05) is 17.6 Å². The van der Waals surface area contributed by atoms with Gasteiger partial charge < -0.3 is 20.5 Å². The van der Waals surface area contributed by atoms with Gasteiger partial charge in [0.15, 0.2) is 11.5 Å². The lowest BCUT2D eigenvalue weighted by molar-refractivity contribution is 0.0945. The number of rotatable bonds is 7. The van der Waals surface area contributed by atoms with Crippen LogP contribution >= 0.6 is 12.4 Å². The van der Waals surface area contributed by atoms with Crippen molar-refractivity contribution in [3.63, 3.8) is 0 Å². The highest BCUT2D eigenvalue weighted by molar-refractivity contribution is 7.92. The third-order valence-electron chi connectivity index (χ3n) is 2.74. The fourth-order valence-electron chi connectivity index (χ4n) is 1.78. The molecule has 0 saturated heterocycles. The maximum atomic E-state index is 12.2. The smallest absolute Gasteiger partial charge is 0.251 e. The molecule has 8 nitrogen and oxygen atoms in total. The van der Waals surface area contributed by atoms with Crippen LogP contribution in [0, 0.1) is 0 Å². The van der Waals surface area contributed by atoms with Crippen molar-refractivity contribution in [2.24, 2.45) is 5.73 Å². The van der Waals surface area contributed by atoms with Gasteiger partial charge in [-0.15, -0.1) is 12.4 Å². The topological polar surface area (TPSA) is 120 Å². The van der Waals surface area contributed by atoms with E-state index in [0.717, 1.165) is 6.26 Å². The summed E-state index contributed by atoms with van der Waals surface area (Å²) in [6.45, 7) is 3.81. The van der Waals surface area contributed by atoms with Crippen LogP contribution in [0.2, 0.25) is 0 Å². The van der Waals surface area contributed by atoms with Crippen LogP contribution in [-0.2, 0) is 10.0 Å². The zero-order chi connectivity index (χ0) is 17.8. The average molecular weight is 382 g/mol. The van der Waals surface area contributed by atoms with Gasteiger partial charge in [-0.2, -0.15) is 0 Å². The third-order valence-corrected chi connectivity index (χ3v) is 3.33. The summed E-state index contributed by atoms with van der Waals surface area (Å²) in [6, 6.07) is 2.84. The fraction of sp³-hybridized carbons (Fsp3) is 0.500. The average Bonchev–Trinajstić information content (AvgIpc) is 2.41. The Labute approximate surface area is 148 Å². The van der Waals surface area contributed by atoms with Gasteiger partial charge in [0.2, 0.25) is 10.0 Å². The number of amides is 1. The minimum absolute atomic E-state index is 0. The number of benzene rings is 1. The Morgan fingerprint density at radius 1 is 1.25 bits per heavy atom. The van der Waals surface area contributed by atoms with E-state index in [0.29, 0.717) is 0 Å². The van der Waals surface area contributed by atoms with Crippen molar-refractivity contribution in [3.8, 4) is 11.5 Å². The third kappa shape index (κ3) is 6.81. The standard InChI is InChI=1S/C14H23N3O5S.ClH/c1-14(2,15)8-16-13(18)9-6-10(17-23(5,19)20)12(22-4)11(7-9)21-3;/h6-7,17H,8,15H2,1-5H3,(H,16,18);1H. The number of methoxy groups -OCH3 is 2. The van der Waals surface area contributed by atoms with Crippen molar-refractivity contribution in [1.82, 2.24) is 5.32 Å². The van der Waals surface area contributed by atoms with E-state index in [2.05, 4.69) is 10.0 Å². The summed E-state index contributed by atoms with van der Waals surface area (Å²) in [6.07, 6.45) is 1.00. The number of carbonyl (C=O) groups is 1. The summed E-state index contributed by atoms with van der Waals surface area (Å²) in [5.74, 6) is 0.0213. The van der Waals surface area contributed by atoms with E-state index in [1.165, 1.54) is 26.4 Å². The van der Waals surface area contributed by atoms with Gasteiger partial charge in [-0.1, -0.05) is 0 Å². The van der Waals surface area contributed by atoms with Crippen molar-refractivity contribution >= 4 is 34.0 Å². The molecule has 0 fully saturated rings. The molecule has 138 valence electrons. The summed E-state index contributed by atoms with van der Waals surface area (Å²) in [7, 11) is -0.777. The first-order valence-electron chi connectivity index (χ1n) is 6.78. The Morgan fingerprint density at radius 3 is 2.25 bits per heavy atom. The molecule has 0 aliphatic carbocycles. The van der Waals surface area contributed by atoms with Crippen molar-refractivity contribution in [2.45, 2.75) is 19.4 Å². The summed E-state index contributed by atoms with van der Waals surface area (Å²) in [4.78, 5) is 12.2. The lowest BCUT2D eigenvalue weighted by atomic mass is 10.1. The van der Waals surface area contributed by atoms with E-state index in [1.807, 2.05) is 0 Å². The molecule has 1 aromatic carbocycles. The van der Waals surface area contributed by atoms with Gasteiger partial charge in [-0.05, 0) is 26.0 Å². The van der Waals surface area contributed by atoms with E-state index in [-0.39, 0.29) is 41.7 Å². The Kier molecular flexibility index (Phi) is 7.81. The van der Waals surface area contributed by atoms with E-state index < -0.39 is 21.5 Å². The highest BCUT2D eigenvalue weighted by Crippen LogP contribution is 2.37. The quantitative estimate of drug-likeness (QED) is 0.647. The number of anilines is 1. The second-order valence-corrected chi connectivity index (χ2v) is 7.55. The summed E-state index contributed by atoms with van der Waals surface area (Å²) >= 11 is 0. The molecule has 0 heterocycles. The SMILES string of the molecule is COc1cc(C(=O)NCC(C)(C)N)cc(NS(C)(=O)=O)c1OC.Cl. The molecule has 0 bridgehead atoms. The highest BCUT2D eigenvalue weighted by atomic mass is 35.5. The van der Waals surface area contributed by atoms with E-state index >= 15 is 0 Å². The maximum Gasteiger partial charge on any atom is 0.251 e. The Balaban J connectivity index is 0.00000529. The number of nitrogens with two attached hydrogens (primary N) is 1. The van der Waals surface area contributed by atoms with Crippen molar-refractivity contribution < 1.29 is 22.7 Å². The lowest BCUT2D eigenvalue weighted by Crippen LogP contribution is -2.45. The molecule has 0 radical (unpaired) electrons. The van der Waals surface area contributed by atoms with Crippen molar-refractivity contribution in [3.05, 3.63) is 17.7 Å². The fourth-order valence-corrected chi connectivity index (χ4v) is 2.33. The Bertz CT molecular complexity index is 686. The molecular formula is C14H24ClN3O5S. The number of sulfonamides is 1. The van der Waals surface area contributed by atoms with Crippen LogP contribution in [0.25, 0.3) is 0 Å². The zero-order valence-electron chi connectivity index (χ0n) is 14.3. The predicted molar refractivity (Wildman–Crippen MR) is 95.9 cm³/mol. The minimum Gasteiger partial charge on any atom is -0.493 e. The second-order valence-electron chi connectivity index (χ2n) is 5.80. The van der Waals surface area contributed by atoms with Gasteiger partial charge in [0.1, 0.15) is 0 Å². The van der Waals surface area contributed by atoms with Gasteiger partial charge >= 0.3 is 0 Å². The van der Waals surface area contributed by atoms with Gasteiger partial charge in [0.25, 0.3) is 5.91 Å². The van der Waals surface area contributed by atoms with Crippen LogP contribution in [0.1, 0.15) is 24.2 Å². The molecule has 0 aliphatic rings. The number of carbonyl (C=O) groups excluding carboxylic acids is 1. The predicted octanol–water partition coefficient (Wildman–Crippen LogP) is 0.964. The minimum atomic E-state index is -3.55. The van der Waals surface area contributed by atoms with E-state index in [4.69, 9.17) is 15.2 Å². The molecule has 10 heteroatoms. The molecule has 0 spiro atoms. The first-order chi connectivity index (χ1) is 10.5. The first-order valence-corrected chi connectivity index (χ1v) is 8.67. The molecule has 0 atom stereocenters. The molecule has 0 saturated carbocycles. The molecule has 1 amide bonds. The molecule has 1 aromatic rings. The normalized spacial score (nSPS) is 11.2. The van der Waals surface area contributed by atoms with Crippen LogP contribution in [0.3, 0.4) is 0 Å². The van der Waals surface area contributed by atoms with Crippen LogP contribution < -0.4 is 25.2 Å². The second kappa shape index (κ2) is 8.41. The monoisotopic (exact) mass is 381 g/mol. The molecule has 0 aliphatic heterocycles. The van der Waals surface area contributed by atoms with E-state index in [1.54, 1.807) is 13.8 Å². The molecule has 0 aromatic heterocycles. The maximum absolute atomic E-state index is 12.2. The van der Waals surface area contributed by atoms with Crippen molar-refractivity contribution in [2.75, 3.05) is 31.7 Å². The van der Waals surface area contributed by atoms with Crippen LogP contribution in [0.15, 0.2) is 12.1 Å². The van der Waals surface area contributed by atoms with Gasteiger partial charge in [-0.25, -0.2) is 8.42 Å². The molecule has 4 N–H and O–H groups in total. The number of ether oxygens (including phenoxy) is 2. The molecule has 24 heavy (non-hydrogen) atoms. The summed E-state index contributed by atoms with van der Waals surface area (Å²) in [5, 5.41) is 2.68. The zero-order valence-corrected chi connectivity index (χ0v) is 15.9. The van der Waals surface area contributed by atoms with Crippen molar-refractivity contribution in [1.29, 1.82) is 0 Å². The van der Waals surface area contributed by atoms with Gasteiger partial charge in [-0.3, -0.25) is 9.52 Å². The van der Waals surface area contributed by atoms with Crippen LogP contribution in [0.5, 0.6) is 11.5 Å². The molecular weight excluding hydrogens is 358 g/mol. The van der Waals surface area contributed by atoms with Gasteiger partial charge in [0.05, 0.1) is 26.2 Å². The number of hydrogen-bond acceptors (Lipinski definition) is 6. The Hall–Kier alpha value is -1.71. The molecule has 1 rings (SSSR count). The van der Waals surface area contributed by atoms with Crippen LogP contribution in [-0.4, -0.2) is 46.9 Å². The summed E-state index contributed by atoms with van der Waals surface area (Å²) in [5.41, 5.74) is 5.59. The lowest BCUT2D eigenvalue weighted by Gasteiger charge is -2.20. The van der Waals surface area contributed by atoms with E-state index in [9.17, 15) is 13.2 Å². The largest absolute Gasteiger partial charge is 0.493 e. The number of hydrogen-bond donors (Lipinski definition) is 3. The molecule has 0 unspecified atom stereocenters. The highest BCUT2D eigenvalue weighted by Gasteiger charge is 2.19. The number of halogens is 1. The summed E-state index contributed by atoms with van der Waals surface area (Å²) < 4.78 is 35.6.